The largest absolute Gasteiger partial charge is 0.297 e. The number of hydrogen-bond donors (Lipinski definition) is 0. The molecule has 0 unspecified atom stereocenters. The van der Waals surface area contributed by atoms with Crippen LogP contribution < -0.4 is 0 Å². The number of piperidine rings is 1. The van der Waals surface area contributed by atoms with Crippen molar-refractivity contribution in [2.45, 2.75) is 58.4 Å². The summed E-state index contributed by atoms with van der Waals surface area (Å²) in [7, 11) is 2.06. The van der Waals surface area contributed by atoms with Gasteiger partial charge >= 0.3 is 0 Å². The molecule has 3 nitrogen and oxygen atoms in total. The Morgan fingerprint density at radius 1 is 1.10 bits per heavy atom. The number of halogens is 1. The molecule has 1 saturated heterocycles. The number of nitrogens with zero attached hydrogens (tertiary/aromatic N) is 3. The Kier molecular flexibility index (Phi) is 4.23. The number of aromatic nitrogens is 2. The predicted molar refractivity (Wildman–Crippen MR) is 85.7 cm³/mol. The van der Waals surface area contributed by atoms with Crippen LogP contribution in [-0.2, 0) is 13.6 Å². The SMILES string of the molecule is Cc1nn(C)c(CN2CCC3(CCCCC3)CC2)c1Br. The van der Waals surface area contributed by atoms with Crippen molar-refractivity contribution in [3.8, 4) is 0 Å². The summed E-state index contributed by atoms with van der Waals surface area (Å²) in [5.74, 6) is 0. The molecule has 112 valence electrons. The van der Waals surface area contributed by atoms with Crippen LogP contribution in [0.4, 0.5) is 0 Å². The second kappa shape index (κ2) is 5.80. The highest BCUT2D eigenvalue weighted by atomic mass is 79.9. The van der Waals surface area contributed by atoms with Crippen molar-refractivity contribution in [2.75, 3.05) is 13.1 Å². The van der Waals surface area contributed by atoms with Crippen LogP contribution in [0.15, 0.2) is 4.47 Å². The van der Waals surface area contributed by atoms with E-state index >= 15 is 0 Å². The highest BCUT2D eigenvalue weighted by molar-refractivity contribution is 9.10. The Hall–Kier alpha value is -0.350. The predicted octanol–water partition coefficient (Wildman–Crippen LogP) is 4.04. The first-order valence-electron chi connectivity index (χ1n) is 8.00. The average molecular weight is 340 g/mol. The normalized spacial score (nSPS) is 23.4. The monoisotopic (exact) mass is 339 g/mol. The smallest absolute Gasteiger partial charge is 0.0739 e. The number of likely N-dealkylation sites (tertiary alicyclic amines) is 1. The summed E-state index contributed by atoms with van der Waals surface area (Å²) in [6, 6.07) is 0. The van der Waals surface area contributed by atoms with E-state index in [1.165, 1.54) is 68.2 Å². The van der Waals surface area contributed by atoms with Crippen molar-refractivity contribution < 1.29 is 0 Å². The van der Waals surface area contributed by atoms with Gasteiger partial charge in [0.05, 0.1) is 15.9 Å². The highest BCUT2D eigenvalue weighted by Gasteiger charge is 2.35. The number of hydrogen-bond acceptors (Lipinski definition) is 2. The van der Waals surface area contributed by atoms with E-state index < -0.39 is 0 Å². The molecule has 2 heterocycles. The minimum atomic E-state index is 0.703. The first-order chi connectivity index (χ1) is 9.60. The van der Waals surface area contributed by atoms with Gasteiger partial charge in [0.1, 0.15) is 0 Å². The zero-order valence-electron chi connectivity index (χ0n) is 12.8. The molecule has 0 bridgehead atoms. The maximum Gasteiger partial charge on any atom is 0.0739 e. The molecule has 0 amide bonds. The first-order valence-corrected chi connectivity index (χ1v) is 8.79. The minimum Gasteiger partial charge on any atom is -0.297 e. The topological polar surface area (TPSA) is 21.1 Å². The van der Waals surface area contributed by atoms with E-state index in [4.69, 9.17) is 0 Å². The number of rotatable bonds is 2. The molecular weight excluding hydrogens is 314 g/mol. The van der Waals surface area contributed by atoms with Gasteiger partial charge < -0.3 is 0 Å². The van der Waals surface area contributed by atoms with E-state index in [2.05, 4.69) is 39.9 Å². The standard InChI is InChI=1S/C16H26BrN3/c1-13-15(17)14(19(2)18-13)12-20-10-8-16(9-11-20)6-4-3-5-7-16/h3-12H2,1-2H3. The van der Waals surface area contributed by atoms with Gasteiger partial charge in [-0.3, -0.25) is 9.58 Å². The van der Waals surface area contributed by atoms with Gasteiger partial charge in [0.25, 0.3) is 0 Å². The maximum atomic E-state index is 4.50. The molecule has 0 N–H and O–H groups in total. The van der Waals surface area contributed by atoms with Crippen molar-refractivity contribution >= 4 is 15.9 Å². The second-order valence-corrected chi connectivity index (χ2v) is 7.60. The molecule has 20 heavy (non-hydrogen) atoms. The fourth-order valence-electron chi connectivity index (χ4n) is 4.05. The van der Waals surface area contributed by atoms with Crippen LogP contribution in [-0.4, -0.2) is 27.8 Å². The second-order valence-electron chi connectivity index (χ2n) is 6.81. The maximum absolute atomic E-state index is 4.50. The molecule has 1 aliphatic heterocycles. The molecule has 1 saturated carbocycles. The van der Waals surface area contributed by atoms with E-state index in [1.54, 1.807) is 0 Å². The summed E-state index contributed by atoms with van der Waals surface area (Å²) < 4.78 is 3.22. The van der Waals surface area contributed by atoms with Gasteiger partial charge in [-0.05, 0) is 67.0 Å². The van der Waals surface area contributed by atoms with E-state index in [0.717, 1.165) is 12.2 Å². The number of aryl methyl sites for hydroxylation is 2. The van der Waals surface area contributed by atoms with E-state index in [1.807, 2.05) is 4.68 Å². The van der Waals surface area contributed by atoms with Gasteiger partial charge in [-0.15, -0.1) is 0 Å². The highest BCUT2D eigenvalue weighted by Crippen LogP contribution is 2.44. The molecule has 0 radical (unpaired) electrons. The zero-order valence-corrected chi connectivity index (χ0v) is 14.4. The van der Waals surface area contributed by atoms with Crippen LogP contribution in [0.25, 0.3) is 0 Å². The lowest BCUT2D eigenvalue weighted by atomic mass is 9.68. The van der Waals surface area contributed by atoms with Gasteiger partial charge in [0.2, 0.25) is 0 Å². The summed E-state index contributed by atoms with van der Waals surface area (Å²) >= 11 is 3.69. The van der Waals surface area contributed by atoms with E-state index in [-0.39, 0.29) is 0 Å². The Bertz CT molecular complexity index is 464. The summed E-state index contributed by atoms with van der Waals surface area (Å²) in [6.45, 7) is 5.63. The third-order valence-electron chi connectivity index (χ3n) is 5.47. The fourth-order valence-corrected chi connectivity index (χ4v) is 4.51. The molecule has 1 spiro atoms. The van der Waals surface area contributed by atoms with Crippen LogP contribution >= 0.6 is 15.9 Å². The van der Waals surface area contributed by atoms with Crippen LogP contribution in [0.1, 0.15) is 56.3 Å². The Morgan fingerprint density at radius 3 is 2.30 bits per heavy atom. The average Bonchev–Trinajstić information content (AvgIpc) is 2.69. The first kappa shape index (κ1) is 14.6. The molecule has 1 aromatic heterocycles. The van der Waals surface area contributed by atoms with Crippen molar-refractivity contribution in [2.24, 2.45) is 12.5 Å². The quantitative estimate of drug-likeness (QED) is 0.810. The van der Waals surface area contributed by atoms with E-state index in [0.29, 0.717) is 5.41 Å². The van der Waals surface area contributed by atoms with Crippen molar-refractivity contribution in [3.63, 3.8) is 0 Å². The van der Waals surface area contributed by atoms with Crippen LogP contribution in [0.3, 0.4) is 0 Å². The van der Waals surface area contributed by atoms with Gasteiger partial charge in [0.15, 0.2) is 0 Å². The summed E-state index contributed by atoms with van der Waals surface area (Å²) in [6.07, 6.45) is 10.2. The van der Waals surface area contributed by atoms with Gasteiger partial charge in [-0.1, -0.05) is 19.3 Å². The third kappa shape index (κ3) is 2.82. The molecule has 1 aliphatic carbocycles. The van der Waals surface area contributed by atoms with Crippen LogP contribution in [0.5, 0.6) is 0 Å². The van der Waals surface area contributed by atoms with Crippen LogP contribution in [0, 0.1) is 12.3 Å². The molecule has 1 aromatic rings. The minimum absolute atomic E-state index is 0.703. The molecule has 2 aliphatic rings. The van der Waals surface area contributed by atoms with Gasteiger partial charge in [-0.2, -0.15) is 5.10 Å². The van der Waals surface area contributed by atoms with Crippen LogP contribution in [0.2, 0.25) is 0 Å². The molecule has 0 aromatic carbocycles. The molecule has 4 heteroatoms. The fraction of sp³-hybridized carbons (Fsp3) is 0.812. The van der Waals surface area contributed by atoms with Crippen molar-refractivity contribution in [1.29, 1.82) is 0 Å². The molecule has 0 atom stereocenters. The van der Waals surface area contributed by atoms with Crippen molar-refractivity contribution in [3.05, 3.63) is 15.9 Å². The van der Waals surface area contributed by atoms with Crippen molar-refractivity contribution in [1.82, 2.24) is 14.7 Å². The summed E-state index contributed by atoms with van der Waals surface area (Å²) in [4.78, 5) is 2.61. The molecular formula is C16H26BrN3. The summed E-state index contributed by atoms with van der Waals surface area (Å²) in [5, 5.41) is 4.50. The Labute approximate surface area is 130 Å². The molecule has 3 rings (SSSR count). The van der Waals surface area contributed by atoms with E-state index in [9.17, 15) is 0 Å². The van der Waals surface area contributed by atoms with Gasteiger partial charge in [-0.25, -0.2) is 0 Å². The lowest BCUT2D eigenvalue weighted by molar-refractivity contribution is 0.0629. The summed E-state index contributed by atoms with van der Waals surface area (Å²) in [5.41, 5.74) is 3.12. The van der Waals surface area contributed by atoms with Gasteiger partial charge in [0, 0.05) is 13.6 Å². The Balaban J connectivity index is 1.61. The Morgan fingerprint density at radius 2 is 1.75 bits per heavy atom. The zero-order chi connectivity index (χ0) is 14.2. The lowest BCUT2D eigenvalue weighted by Crippen LogP contribution is -2.41. The molecule has 2 fully saturated rings. The third-order valence-corrected chi connectivity index (χ3v) is 6.50. The lowest BCUT2D eigenvalue weighted by Gasteiger charge is -2.44.